The first-order chi connectivity index (χ1) is 9.29. The van der Waals surface area contributed by atoms with Crippen LogP contribution in [0.1, 0.15) is 31.7 Å². The summed E-state index contributed by atoms with van der Waals surface area (Å²) in [6.45, 7) is 2.36. The summed E-state index contributed by atoms with van der Waals surface area (Å²) in [7, 11) is 0. The van der Waals surface area contributed by atoms with Crippen molar-refractivity contribution in [3.63, 3.8) is 0 Å². The van der Waals surface area contributed by atoms with Crippen LogP contribution in [-0.2, 0) is 9.53 Å². The minimum atomic E-state index is -0.0168. The summed E-state index contributed by atoms with van der Waals surface area (Å²) >= 11 is 0. The van der Waals surface area contributed by atoms with Crippen molar-refractivity contribution in [3.05, 3.63) is 41.5 Å². The second-order valence-corrected chi connectivity index (χ2v) is 5.55. The number of hydrogen-bond donors (Lipinski definition) is 0. The number of rotatable bonds is 3. The highest BCUT2D eigenvalue weighted by Crippen LogP contribution is 2.52. The number of hydrogen-bond acceptors (Lipinski definition) is 2. The molecule has 3 atom stereocenters. The molecule has 0 amide bonds. The zero-order chi connectivity index (χ0) is 13.2. The van der Waals surface area contributed by atoms with Crippen molar-refractivity contribution in [2.75, 3.05) is 6.61 Å². The Morgan fingerprint density at radius 2 is 2.11 bits per heavy atom. The van der Waals surface area contributed by atoms with E-state index in [4.69, 9.17) is 4.74 Å². The Labute approximate surface area is 114 Å². The van der Waals surface area contributed by atoms with E-state index in [2.05, 4.69) is 18.2 Å². The molecule has 2 fully saturated rings. The average Bonchev–Trinajstić information content (AvgIpc) is 3.01. The monoisotopic (exact) mass is 256 g/mol. The van der Waals surface area contributed by atoms with Crippen LogP contribution in [0.15, 0.2) is 35.9 Å². The van der Waals surface area contributed by atoms with Gasteiger partial charge in [0, 0.05) is 0 Å². The summed E-state index contributed by atoms with van der Waals surface area (Å²) in [5, 5.41) is 0. The lowest BCUT2D eigenvalue weighted by atomic mass is 9.83. The number of ether oxygens (including phenoxy) is 1. The molecule has 0 heterocycles. The SMILES string of the molecule is CCOC(=O)C1C(=Cc2ccccc2)C2CCC1C2. The summed E-state index contributed by atoms with van der Waals surface area (Å²) in [6.07, 6.45) is 5.80. The molecule has 0 N–H and O–H groups in total. The predicted octanol–water partition coefficient (Wildman–Crippen LogP) is 3.68. The maximum atomic E-state index is 12.2. The van der Waals surface area contributed by atoms with Crippen LogP contribution >= 0.6 is 0 Å². The summed E-state index contributed by atoms with van der Waals surface area (Å²) < 4.78 is 5.27. The van der Waals surface area contributed by atoms with Gasteiger partial charge in [-0.3, -0.25) is 4.79 Å². The van der Waals surface area contributed by atoms with Crippen molar-refractivity contribution < 1.29 is 9.53 Å². The van der Waals surface area contributed by atoms with Crippen molar-refractivity contribution >= 4 is 12.0 Å². The van der Waals surface area contributed by atoms with Gasteiger partial charge in [0.1, 0.15) is 0 Å². The van der Waals surface area contributed by atoms with E-state index >= 15 is 0 Å². The van der Waals surface area contributed by atoms with Gasteiger partial charge in [-0.25, -0.2) is 0 Å². The summed E-state index contributed by atoms with van der Waals surface area (Å²) in [6, 6.07) is 10.3. The van der Waals surface area contributed by atoms with E-state index in [0.29, 0.717) is 18.4 Å². The number of benzene rings is 1. The van der Waals surface area contributed by atoms with Gasteiger partial charge in [0.15, 0.2) is 0 Å². The second kappa shape index (κ2) is 5.20. The fraction of sp³-hybridized carbons (Fsp3) is 0.471. The van der Waals surface area contributed by atoms with Gasteiger partial charge in [0.2, 0.25) is 0 Å². The lowest BCUT2D eigenvalue weighted by Crippen LogP contribution is -2.25. The van der Waals surface area contributed by atoms with Gasteiger partial charge in [0.25, 0.3) is 0 Å². The molecule has 2 aliphatic carbocycles. The highest BCUT2D eigenvalue weighted by atomic mass is 16.5. The van der Waals surface area contributed by atoms with Crippen molar-refractivity contribution in [1.29, 1.82) is 0 Å². The van der Waals surface area contributed by atoms with Gasteiger partial charge in [-0.05, 0) is 43.6 Å². The third kappa shape index (κ3) is 2.32. The largest absolute Gasteiger partial charge is 0.466 e. The number of fused-ring (bicyclic) bond motifs is 2. The highest BCUT2D eigenvalue weighted by molar-refractivity contribution is 5.80. The van der Waals surface area contributed by atoms with E-state index in [0.717, 1.165) is 0 Å². The highest BCUT2D eigenvalue weighted by Gasteiger charge is 2.47. The third-order valence-electron chi connectivity index (χ3n) is 4.45. The van der Waals surface area contributed by atoms with Crippen LogP contribution in [0.4, 0.5) is 0 Å². The maximum Gasteiger partial charge on any atom is 0.313 e. The lowest BCUT2D eigenvalue weighted by Gasteiger charge is -2.23. The third-order valence-corrected chi connectivity index (χ3v) is 4.45. The van der Waals surface area contributed by atoms with Gasteiger partial charge in [0.05, 0.1) is 12.5 Å². The molecule has 1 aromatic rings. The Balaban J connectivity index is 1.90. The molecular weight excluding hydrogens is 236 g/mol. The topological polar surface area (TPSA) is 26.3 Å². The van der Waals surface area contributed by atoms with Crippen molar-refractivity contribution in [3.8, 4) is 0 Å². The fourth-order valence-electron chi connectivity index (χ4n) is 3.66. The van der Waals surface area contributed by atoms with E-state index in [9.17, 15) is 4.79 Å². The van der Waals surface area contributed by atoms with Gasteiger partial charge < -0.3 is 4.74 Å². The van der Waals surface area contributed by atoms with Crippen LogP contribution in [0, 0.1) is 17.8 Å². The Hall–Kier alpha value is -1.57. The molecule has 0 radical (unpaired) electrons. The molecule has 100 valence electrons. The molecular formula is C17H20O2. The Morgan fingerprint density at radius 3 is 2.84 bits per heavy atom. The van der Waals surface area contributed by atoms with E-state index in [-0.39, 0.29) is 11.9 Å². The van der Waals surface area contributed by atoms with Gasteiger partial charge in [-0.2, -0.15) is 0 Å². The molecule has 1 aromatic carbocycles. The Kier molecular flexibility index (Phi) is 3.41. The van der Waals surface area contributed by atoms with E-state index < -0.39 is 0 Å². The molecule has 3 rings (SSSR count). The van der Waals surface area contributed by atoms with Crippen molar-refractivity contribution in [2.45, 2.75) is 26.2 Å². The number of carbonyl (C=O) groups excluding carboxylic acids is 1. The van der Waals surface area contributed by atoms with Gasteiger partial charge >= 0.3 is 5.97 Å². The van der Waals surface area contributed by atoms with Crippen molar-refractivity contribution in [2.24, 2.45) is 17.8 Å². The molecule has 0 saturated heterocycles. The van der Waals surface area contributed by atoms with Crippen molar-refractivity contribution in [1.82, 2.24) is 0 Å². The lowest BCUT2D eigenvalue weighted by molar-refractivity contribution is -0.148. The molecule has 0 aromatic heterocycles. The predicted molar refractivity (Wildman–Crippen MR) is 75.4 cm³/mol. The summed E-state index contributed by atoms with van der Waals surface area (Å²) in [5.74, 6) is 1.11. The van der Waals surface area contributed by atoms with Crippen LogP contribution in [0.25, 0.3) is 6.08 Å². The fourth-order valence-corrected chi connectivity index (χ4v) is 3.66. The average molecular weight is 256 g/mol. The number of carbonyl (C=O) groups is 1. The molecule has 3 unspecified atom stereocenters. The van der Waals surface area contributed by atoms with Crippen LogP contribution in [0.5, 0.6) is 0 Å². The summed E-state index contributed by atoms with van der Waals surface area (Å²) in [5.41, 5.74) is 2.50. The molecule has 2 heteroatoms. The Bertz CT molecular complexity index is 489. The van der Waals surface area contributed by atoms with E-state index in [1.54, 1.807) is 0 Å². The van der Waals surface area contributed by atoms with Gasteiger partial charge in [-0.15, -0.1) is 0 Å². The molecule has 2 bridgehead atoms. The second-order valence-electron chi connectivity index (χ2n) is 5.55. The zero-order valence-corrected chi connectivity index (χ0v) is 11.3. The van der Waals surface area contributed by atoms with Crippen LogP contribution in [-0.4, -0.2) is 12.6 Å². The van der Waals surface area contributed by atoms with Gasteiger partial charge in [-0.1, -0.05) is 42.0 Å². The molecule has 2 nitrogen and oxygen atoms in total. The molecule has 0 spiro atoms. The standard InChI is InChI=1S/C17H20O2/c1-2-19-17(18)16-14-9-8-13(11-14)15(16)10-12-6-4-3-5-7-12/h3-7,10,13-14,16H,2,8-9,11H2,1H3. The molecule has 0 aliphatic heterocycles. The van der Waals surface area contributed by atoms with Crippen LogP contribution in [0.3, 0.4) is 0 Å². The first-order valence-electron chi connectivity index (χ1n) is 7.22. The first kappa shape index (κ1) is 12.5. The summed E-state index contributed by atoms with van der Waals surface area (Å²) in [4.78, 5) is 12.2. The number of esters is 1. The maximum absolute atomic E-state index is 12.2. The molecule has 19 heavy (non-hydrogen) atoms. The molecule has 2 saturated carbocycles. The smallest absolute Gasteiger partial charge is 0.313 e. The quantitative estimate of drug-likeness (QED) is 0.771. The Morgan fingerprint density at radius 1 is 1.32 bits per heavy atom. The zero-order valence-electron chi connectivity index (χ0n) is 11.3. The van der Waals surface area contributed by atoms with Crippen LogP contribution in [0.2, 0.25) is 0 Å². The minimum absolute atomic E-state index is 0.0129. The van der Waals surface area contributed by atoms with Crippen LogP contribution < -0.4 is 0 Å². The van der Waals surface area contributed by atoms with E-state index in [1.165, 1.54) is 30.4 Å². The first-order valence-corrected chi connectivity index (χ1v) is 7.22. The normalized spacial score (nSPS) is 30.8. The molecule has 2 aliphatic rings. The van der Waals surface area contributed by atoms with E-state index in [1.807, 2.05) is 25.1 Å². The minimum Gasteiger partial charge on any atom is -0.466 e.